The van der Waals surface area contributed by atoms with Gasteiger partial charge < -0.3 is 9.80 Å². The standard InChI is InChI=1S/C22H24N4/c1-17-8-10-19(11-9-17)21-16-20(18-6-4-3-5-7-18)23-22(24-21)26-14-12-25(2)13-15-26/h3-11,16H,12-15H2,1-2H3. The Morgan fingerprint density at radius 1 is 0.731 bits per heavy atom. The minimum Gasteiger partial charge on any atom is -0.338 e. The average molecular weight is 344 g/mol. The highest BCUT2D eigenvalue weighted by atomic mass is 15.3. The molecule has 2 heterocycles. The number of nitrogens with zero attached hydrogens (tertiary/aromatic N) is 4. The summed E-state index contributed by atoms with van der Waals surface area (Å²) < 4.78 is 0. The van der Waals surface area contributed by atoms with Crippen LogP contribution in [-0.2, 0) is 0 Å². The lowest BCUT2D eigenvalue weighted by Gasteiger charge is -2.32. The molecule has 0 unspecified atom stereocenters. The van der Waals surface area contributed by atoms with Gasteiger partial charge in [-0.2, -0.15) is 0 Å². The summed E-state index contributed by atoms with van der Waals surface area (Å²) in [6.45, 7) is 6.11. The van der Waals surface area contributed by atoms with Crippen LogP contribution in [0.5, 0.6) is 0 Å². The summed E-state index contributed by atoms with van der Waals surface area (Å²) in [5.74, 6) is 0.829. The predicted octanol–water partition coefficient (Wildman–Crippen LogP) is 3.87. The van der Waals surface area contributed by atoms with Gasteiger partial charge in [0.2, 0.25) is 5.95 Å². The number of hydrogen-bond acceptors (Lipinski definition) is 4. The fraction of sp³-hybridized carbons (Fsp3) is 0.273. The van der Waals surface area contributed by atoms with Crippen molar-refractivity contribution in [3.05, 3.63) is 66.2 Å². The zero-order valence-electron chi connectivity index (χ0n) is 15.4. The average Bonchev–Trinajstić information content (AvgIpc) is 2.69. The summed E-state index contributed by atoms with van der Waals surface area (Å²) in [7, 11) is 2.16. The van der Waals surface area contributed by atoms with E-state index in [4.69, 9.17) is 9.97 Å². The number of anilines is 1. The molecule has 0 amide bonds. The first-order chi connectivity index (χ1) is 12.7. The van der Waals surface area contributed by atoms with E-state index in [0.29, 0.717) is 0 Å². The van der Waals surface area contributed by atoms with Gasteiger partial charge in [0.1, 0.15) is 0 Å². The topological polar surface area (TPSA) is 32.3 Å². The second kappa shape index (κ2) is 7.26. The van der Waals surface area contributed by atoms with Crippen LogP contribution in [0.25, 0.3) is 22.5 Å². The lowest BCUT2D eigenvalue weighted by atomic mass is 10.1. The van der Waals surface area contributed by atoms with Crippen molar-refractivity contribution in [2.45, 2.75) is 6.92 Å². The van der Waals surface area contributed by atoms with Crippen LogP contribution < -0.4 is 4.90 Å². The maximum absolute atomic E-state index is 4.90. The summed E-state index contributed by atoms with van der Waals surface area (Å²) in [4.78, 5) is 14.4. The second-order valence-electron chi connectivity index (χ2n) is 6.96. The van der Waals surface area contributed by atoms with Gasteiger partial charge in [0.25, 0.3) is 0 Å². The molecule has 132 valence electrons. The molecule has 1 aliphatic rings. The molecule has 4 heteroatoms. The fourth-order valence-corrected chi connectivity index (χ4v) is 3.21. The van der Waals surface area contributed by atoms with Gasteiger partial charge in [0.15, 0.2) is 0 Å². The van der Waals surface area contributed by atoms with Gasteiger partial charge in [-0.1, -0.05) is 60.2 Å². The molecule has 0 saturated carbocycles. The van der Waals surface area contributed by atoms with Gasteiger partial charge in [-0.25, -0.2) is 9.97 Å². The second-order valence-corrected chi connectivity index (χ2v) is 6.96. The third-order valence-corrected chi connectivity index (χ3v) is 4.92. The van der Waals surface area contributed by atoms with E-state index in [1.807, 2.05) is 6.07 Å². The molecule has 1 saturated heterocycles. The van der Waals surface area contributed by atoms with E-state index >= 15 is 0 Å². The van der Waals surface area contributed by atoms with Gasteiger partial charge in [0, 0.05) is 37.3 Å². The Morgan fingerprint density at radius 3 is 1.92 bits per heavy atom. The monoisotopic (exact) mass is 344 g/mol. The Kier molecular flexibility index (Phi) is 4.67. The molecule has 0 bridgehead atoms. The number of likely N-dealkylation sites (N-methyl/N-ethyl adjacent to an activating group) is 1. The SMILES string of the molecule is Cc1ccc(-c2cc(-c3ccccc3)nc(N3CCN(C)CC3)n2)cc1. The maximum atomic E-state index is 4.90. The van der Waals surface area contributed by atoms with E-state index in [1.165, 1.54) is 5.56 Å². The molecule has 26 heavy (non-hydrogen) atoms. The third kappa shape index (κ3) is 3.60. The zero-order valence-corrected chi connectivity index (χ0v) is 15.4. The van der Waals surface area contributed by atoms with E-state index < -0.39 is 0 Å². The van der Waals surface area contributed by atoms with Crippen molar-refractivity contribution in [3.8, 4) is 22.5 Å². The summed E-state index contributed by atoms with van der Waals surface area (Å²) in [6.07, 6.45) is 0. The zero-order chi connectivity index (χ0) is 17.9. The van der Waals surface area contributed by atoms with Crippen molar-refractivity contribution in [2.24, 2.45) is 0 Å². The number of hydrogen-bond donors (Lipinski definition) is 0. The first-order valence-corrected chi connectivity index (χ1v) is 9.14. The van der Waals surface area contributed by atoms with E-state index in [0.717, 1.165) is 54.6 Å². The number of aryl methyl sites for hydroxylation is 1. The van der Waals surface area contributed by atoms with Crippen molar-refractivity contribution in [1.29, 1.82) is 0 Å². The largest absolute Gasteiger partial charge is 0.338 e. The lowest BCUT2D eigenvalue weighted by Crippen LogP contribution is -2.45. The third-order valence-electron chi connectivity index (χ3n) is 4.92. The molecule has 0 atom stereocenters. The van der Waals surface area contributed by atoms with Gasteiger partial charge in [-0.15, -0.1) is 0 Å². The predicted molar refractivity (Wildman–Crippen MR) is 107 cm³/mol. The smallest absolute Gasteiger partial charge is 0.226 e. The maximum Gasteiger partial charge on any atom is 0.226 e. The molecule has 0 radical (unpaired) electrons. The Labute approximate surface area is 155 Å². The minimum atomic E-state index is 0.829. The summed E-state index contributed by atoms with van der Waals surface area (Å²) in [6, 6.07) is 21.0. The quantitative estimate of drug-likeness (QED) is 0.722. The van der Waals surface area contributed by atoms with Crippen molar-refractivity contribution >= 4 is 5.95 Å². The highest BCUT2D eigenvalue weighted by Gasteiger charge is 2.18. The van der Waals surface area contributed by atoms with Crippen molar-refractivity contribution in [3.63, 3.8) is 0 Å². The van der Waals surface area contributed by atoms with Crippen LogP contribution in [0.15, 0.2) is 60.7 Å². The number of rotatable bonds is 3. The van der Waals surface area contributed by atoms with Gasteiger partial charge in [0.05, 0.1) is 11.4 Å². The van der Waals surface area contributed by atoms with Crippen LogP contribution >= 0.6 is 0 Å². The molecule has 1 fully saturated rings. The summed E-state index contributed by atoms with van der Waals surface area (Å²) in [5, 5.41) is 0. The van der Waals surface area contributed by atoms with Crippen LogP contribution in [0.2, 0.25) is 0 Å². The molecule has 1 aliphatic heterocycles. The lowest BCUT2D eigenvalue weighted by molar-refractivity contribution is 0.311. The normalized spacial score (nSPS) is 15.2. The van der Waals surface area contributed by atoms with Crippen LogP contribution in [0.3, 0.4) is 0 Å². The Morgan fingerprint density at radius 2 is 1.31 bits per heavy atom. The molecule has 3 aromatic rings. The van der Waals surface area contributed by atoms with Crippen LogP contribution in [0.1, 0.15) is 5.56 Å². The molecule has 0 aliphatic carbocycles. The van der Waals surface area contributed by atoms with Gasteiger partial charge in [-0.05, 0) is 20.0 Å². The molecular weight excluding hydrogens is 320 g/mol. The molecule has 0 N–H and O–H groups in total. The van der Waals surface area contributed by atoms with E-state index in [-0.39, 0.29) is 0 Å². The summed E-state index contributed by atoms with van der Waals surface area (Å²) in [5.41, 5.74) is 5.47. The van der Waals surface area contributed by atoms with Crippen LogP contribution in [-0.4, -0.2) is 48.1 Å². The van der Waals surface area contributed by atoms with Crippen molar-refractivity contribution < 1.29 is 0 Å². The Bertz CT molecular complexity index is 866. The number of piperazine rings is 1. The summed E-state index contributed by atoms with van der Waals surface area (Å²) >= 11 is 0. The van der Waals surface area contributed by atoms with Crippen LogP contribution in [0.4, 0.5) is 5.95 Å². The molecule has 4 nitrogen and oxygen atoms in total. The fourth-order valence-electron chi connectivity index (χ4n) is 3.21. The van der Waals surface area contributed by atoms with Gasteiger partial charge >= 0.3 is 0 Å². The molecule has 2 aromatic carbocycles. The van der Waals surface area contributed by atoms with E-state index in [9.17, 15) is 0 Å². The van der Waals surface area contributed by atoms with E-state index in [2.05, 4.69) is 78.4 Å². The molecule has 1 aromatic heterocycles. The Balaban J connectivity index is 1.78. The minimum absolute atomic E-state index is 0.829. The molecular formula is C22H24N4. The van der Waals surface area contributed by atoms with E-state index in [1.54, 1.807) is 0 Å². The van der Waals surface area contributed by atoms with Crippen molar-refractivity contribution in [1.82, 2.24) is 14.9 Å². The van der Waals surface area contributed by atoms with Gasteiger partial charge in [-0.3, -0.25) is 0 Å². The number of benzene rings is 2. The van der Waals surface area contributed by atoms with Crippen LogP contribution in [0, 0.1) is 6.92 Å². The first-order valence-electron chi connectivity index (χ1n) is 9.14. The highest BCUT2D eigenvalue weighted by molar-refractivity contribution is 5.69. The number of aromatic nitrogens is 2. The Hall–Kier alpha value is -2.72. The van der Waals surface area contributed by atoms with Crippen molar-refractivity contribution in [2.75, 3.05) is 38.1 Å². The first kappa shape index (κ1) is 16.7. The molecule has 0 spiro atoms. The highest BCUT2D eigenvalue weighted by Crippen LogP contribution is 2.27. The molecule has 4 rings (SSSR count).